The van der Waals surface area contributed by atoms with Gasteiger partial charge in [-0.15, -0.1) is 0 Å². The molecule has 0 bridgehead atoms. The summed E-state index contributed by atoms with van der Waals surface area (Å²) in [6.07, 6.45) is 3.02. The van der Waals surface area contributed by atoms with Crippen LogP contribution in [0.25, 0.3) is 10.9 Å². The highest BCUT2D eigenvalue weighted by atomic mass is 35.5. The van der Waals surface area contributed by atoms with Crippen LogP contribution in [0.2, 0.25) is 5.02 Å². The van der Waals surface area contributed by atoms with E-state index in [0.717, 1.165) is 60.9 Å². The molecule has 0 saturated carbocycles. The second-order valence-corrected chi connectivity index (χ2v) is 9.34. The molecule has 1 N–H and O–H groups in total. The molecule has 2 heterocycles. The van der Waals surface area contributed by atoms with Crippen LogP contribution in [0.3, 0.4) is 0 Å². The van der Waals surface area contributed by atoms with Crippen molar-refractivity contribution < 1.29 is 0 Å². The van der Waals surface area contributed by atoms with E-state index < -0.39 is 0 Å². The number of benzene rings is 3. The van der Waals surface area contributed by atoms with Gasteiger partial charge in [-0.05, 0) is 48.4 Å². The van der Waals surface area contributed by atoms with Crippen molar-refractivity contribution in [1.29, 1.82) is 0 Å². The number of hydrogen-bond donors (Lipinski definition) is 1. The monoisotopic (exact) mass is 470 g/mol. The molecule has 0 unspecified atom stereocenters. The number of nitrogens with zero attached hydrogens (tertiary/aromatic N) is 3. The summed E-state index contributed by atoms with van der Waals surface area (Å²) >= 11 is 6.13. The van der Waals surface area contributed by atoms with E-state index in [2.05, 4.69) is 80.8 Å². The van der Waals surface area contributed by atoms with Crippen molar-refractivity contribution in [2.45, 2.75) is 12.5 Å². The molecule has 0 aliphatic carbocycles. The summed E-state index contributed by atoms with van der Waals surface area (Å²) in [5.74, 6) is 0. The van der Waals surface area contributed by atoms with Gasteiger partial charge >= 0.3 is 0 Å². The van der Waals surface area contributed by atoms with Gasteiger partial charge in [0.25, 0.3) is 0 Å². The van der Waals surface area contributed by atoms with Gasteiger partial charge in [-0.2, -0.15) is 0 Å². The fourth-order valence-electron chi connectivity index (χ4n) is 4.98. The van der Waals surface area contributed by atoms with Crippen LogP contribution in [0.15, 0.2) is 91.1 Å². The van der Waals surface area contributed by atoms with E-state index in [1.807, 2.05) is 30.5 Å². The molecule has 5 heteroatoms. The van der Waals surface area contributed by atoms with Gasteiger partial charge in [0.15, 0.2) is 0 Å². The molecule has 0 atom stereocenters. The second-order valence-electron chi connectivity index (χ2n) is 8.90. The largest absolute Gasteiger partial charge is 0.383 e. The summed E-state index contributed by atoms with van der Waals surface area (Å²) in [5, 5.41) is 5.45. The first-order chi connectivity index (χ1) is 16.8. The van der Waals surface area contributed by atoms with Crippen molar-refractivity contribution >= 4 is 28.2 Å². The number of aromatic nitrogens is 1. The standard InChI is InChI=1S/C29H31ClN4/c30-25-12-13-26-27(14-15-31-28(26)22-25)32-16-19-33-17-7-18-34(21-20-33)29(23-8-3-1-4-9-23)24-10-5-2-6-11-24/h1-6,8-15,22,29H,7,16-21H2,(H,31,32). The van der Waals surface area contributed by atoms with Crippen molar-refractivity contribution in [3.63, 3.8) is 0 Å². The van der Waals surface area contributed by atoms with Crippen LogP contribution in [-0.4, -0.2) is 54.1 Å². The first-order valence-electron chi connectivity index (χ1n) is 12.1. The second kappa shape index (κ2) is 11.0. The first-order valence-corrected chi connectivity index (χ1v) is 12.5. The van der Waals surface area contributed by atoms with Crippen molar-refractivity contribution in [2.75, 3.05) is 44.6 Å². The molecule has 1 aliphatic heterocycles. The van der Waals surface area contributed by atoms with E-state index in [-0.39, 0.29) is 0 Å². The van der Waals surface area contributed by atoms with Gasteiger partial charge in [0.2, 0.25) is 0 Å². The quantitative estimate of drug-likeness (QED) is 0.353. The van der Waals surface area contributed by atoms with Crippen LogP contribution in [0.5, 0.6) is 0 Å². The Balaban J connectivity index is 1.22. The Morgan fingerprint density at radius 2 is 1.56 bits per heavy atom. The van der Waals surface area contributed by atoms with Crippen LogP contribution in [0, 0.1) is 0 Å². The Labute approximate surface area is 207 Å². The van der Waals surface area contributed by atoms with E-state index >= 15 is 0 Å². The molecule has 4 aromatic rings. The molecule has 1 saturated heterocycles. The van der Waals surface area contributed by atoms with E-state index in [0.29, 0.717) is 6.04 Å². The molecular formula is C29H31ClN4. The maximum absolute atomic E-state index is 6.13. The van der Waals surface area contributed by atoms with Crippen molar-refractivity contribution in [3.8, 4) is 0 Å². The van der Waals surface area contributed by atoms with Crippen molar-refractivity contribution in [2.24, 2.45) is 0 Å². The van der Waals surface area contributed by atoms with E-state index in [9.17, 15) is 0 Å². The van der Waals surface area contributed by atoms with Gasteiger partial charge in [0.05, 0.1) is 11.6 Å². The lowest BCUT2D eigenvalue weighted by atomic mass is 9.97. The predicted molar refractivity (Wildman–Crippen MR) is 143 cm³/mol. The van der Waals surface area contributed by atoms with E-state index in [1.165, 1.54) is 17.5 Å². The van der Waals surface area contributed by atoms with Gasteiger partial charge in [-0.25, -0.2) is 0 Å². The average molecular weight is 471 g/mol. The molecule has 3 aromatic carbocycles. The van der Waals surface area contributed by atoms with Crippen molar-refractivity contribution in [1.82, 2.24) is 14.8 Å². The Morgan fingerprint density at radius 3 is 2.29 bits per heavy atom. The minimum atomic E-state index is 0.301. The third-order valence-corrected chi connectivity index (χ3v) is 6.90. The van der Waals surface area contributed by atoms with E-state index in [4.69, 9.17) is 11.6 Å². The minimum Gasteiger partial charge on any atom is -0.383 e. The summed E-state index contributed by atoms with van der Waals surface area (Å²) in [5.41, 5.74) is 4.78. The zero-order valence-corrected chi connectivity index (χ0v) is 20.2. The SMILES string of the molecule is Clc1ccc2c(NCCN3CCCN(C(c4ccccc4)c4ccccc4)CC3)ccnc2c1. The maximum atomic E-state index is 6.13. The number of halogens is 1. The zero-order valence-electron chi connectivity index (χ0n) is 19.4. The lowest BCUT2D eigenvalue weighted by Crippen LogP contribution is -2.35. The van der Waals surface area contributed by atoms with Crippen LogP contribution in [0.4, 0.5) is 5.69 Å². The van der Waals surface area contributed by atoms with Gasteiger partial charge in [-0.3, -0.25) is 9.88 Å². The molecule has 174 valence electrons. The van der Waals surface area contributed by atoms with Gasteiger partial charge in [0.1, 0.15) is 0 Å². The summed E-state index contributed by atoms with van der Waals surface area (Å²) in [6, 6.07) is 30.1. The highest BCUT2D eigenvalue weighted by Crippen LogP contribution is 2.29. The number of pyridine rings is 1. The van der Waals surface area contributed by atoms with Crippen LogP contribution < -0.4 is 5.32 Å². The highest BCUT2D eigenvalue weighted by Gasteiger charge is 2.24. The fourth-order valence-corrected chi connectivity index (χ4v) is 5.15. The molecule has 0 amide bonds. The molecule has 1 aromatic heterocycles. The molecule has 0 radical (unpaired) electrons. The number of nitrogens with one attached hydrogen (secondary N) is 1. The lowest BCUT2D eigenvalue weighted by Gasteiger charge is -2.31. The van der Waals surface area contributed by atoms with E-state index in [1.54, 1.807) is 0 Å². The smallest absolute Gasteiger partial charge is 0.0737 e. The third kappa shape index (κ3) is 5.41. The van der Waals surface area contributed by atoms with Crippen molar-refractivity contribution in [3.05, 3.63) is 107 Å². The topological polar surface area (TPSA) is 31.4 Å². The number of hydrogen-bond acceptors (Lipinski definition) is 4. The summed E-state index contributed by atoms with van der Waals surface area (Å²) in [7, 11) is 0. The third-order valence-electron chi connectivity index (χ3n) is 6.67. The number of fused-ring (bicyclic) bond motifs is 1. The summed E-state index contributed by atoms with van der Waals surface area (Å²) in [6.45, 7) is 6.29. The zero-order chi connectivity index (χ0) is 23.2. The highest BCUT2D eigenvalue weighted by molar-refractivity contribution is 6.31. The molecule has 5 rings (SSSR count). The summed E-state index contributed by atoms with van der Waals surface area (Å²) in [4.78, 5) is 9.68. The molecule has 1 aliphatic rings. The minimum absolute atomic E-state index is 0.301. The molecule has 1 fully saturated rings. The Morgan fingerprint density at radius 1 is 0.824 bits per heavy atom. The van der Waals surface area contributed by atoms with Gasteiger partial charge in [-0.1, -0.05) is 72.3 Å². The Hall–Kier alpha value is -2.92. The van der Waals surface area contributed by atoms with Gasteiger partial charge in [0, 0.05) is 55.0 Å². The predicted octanol–water partition coefficient (Wildman–Crippen LogP) is 6.10. The molecule has 34 heavy (non-hydrogen) atoms. The van der Waals surface area contributed by atoms with Crippen LogP contribution >= 0.6 is 11.6 Å². The van der Waals surface area contributed by atoms with Gasteiger partial charge < -0.3 is 10.2 Å². The number of anilines is 1. The Kier molecular flexibility index (Phi) is 7.40. The first kappa shape index (κ1) is 22.9. The normalized spacial score (nSPS) is 15.5. The Bertz CT molecular complexity index is 1160. The van der Waals surface area contributed by atoms with Crippen LogP contribution in [0.1, 0.15) is 23.6 Å². The molecular weight excluding hydrogens is 440 g/mol. The number of rotatable bonds is 7. The molecule has 4 nitrogen and oxygen atoms in total. The maximum Gasteiger partial charge on any atom is 0.0737 e. The average Bonchev–Trinajstić information content (AvgIpc) is 3.11. The summed E-state index contributed by atoms with van der Waals surface area (Å²) < 4.78 is 0. The van der Waals surface area contributed by atoms with Crippen LogP contribution in [-0.2, 0) is 0 Å². The fraction of sp³-hybridized carbons (Fsp3) is 0.276. The molecule has 0 spiro atoms. The lowest BCUT2D eigenvalue weighted by molar-refractivity contribution is 0.225.